The van der Waals surface area contributed by atoms with Crippen molar-refractivity contribution >= 4 is 5.69 Å². The number of anilines is 1. The van der Waals surface area contributed by atoms with E-state index in [1.54, 1.807) is 18.2 Å². The molecule has 0 saturated carbocycles. The van der Waals surface area contributed by atoms with Gasteiger partial charge in [0.25, 0.3) is 0 Å². The predicted molar refractivity (Wildman–Crippen MR) is 93.7 cm³/mol. The summed E-state index contributed by atoms with van der Waals surface area (Å²) < 4.78 is 19.0. The summed E-state index contributed by atoms with van der Waals surface area (Å²) in [6.07, 6.45) is 1.76. The van der Waals surface area contributed by atoms with Gasteiger partial charge in [-0.2, -0.15) is 0 Å². The number of ether oxygens (including phenoxy) is 1. The molecule has 1 atom stereocenters. The molecule has 0 aliphatic heterocycles. The number of hydrogen-bond donors (Lipinski definition) is 1. The van der Waals surface area contributed by atoms with Crippen molar-refractivity contribution in [1.82, 2.24) is 0 Å². The van der Waals surface area contributed by atoms with Crippen LogP contribution in [0.1, 0.15) is 24.3 Å². The highest BCUT2D eigenvalue weighted by atomic mass is 19.1. The minimum Gasteiger partial charge on any atom is -0.491 e. The second-order valence-electron chi connectivity index (χ2n) is 5.84. The molecule has 23 heavy (non-hydrogen) atoms. The lowest BCUT2D eigenvalue weighted by Gasteiger charge is -2.18. The molecule has 1 unspecified atom stereocenters. The van der Waals surface area contributed by atoms with E-state index < -0.39 is 0 Å². The first-order valence-electron chi connectivity index (χ1n) is 7.96. The topological polar surface area (TPSA) is 38.5 Å². The molecule has 4 heteroatoms. The van der Waals surface area contributed by atoms with Gasteiger partial charge >= 0.3 is 0 Å². The van der Waals surface area contributed by atoms with Crippen molar-refractivity contribution in [3.63, 3.8) is 0 Å². The zero-order valence-electron chi connectivity index (χ0n) is 13.8. The average molecular weight is 316 g/mol. The first kappa shape index (κ1) is 17.3. The van der Waals surface area contributed by atoms with Gasteiger partial charge in [-0.3, -0.25) is 0 Å². The number of hydrogen-bond acceptors (Lipinski definition) is 3. The van der Waals surface area contributed by atoms with E-state index in [1.807, 2.05) is 14.1 Å². The lowest BCUT2D eigenvalue weighted by molar-refractivity contribution is 0.288. The molecule has 124 valence electrons. The Morgan fingerprint density at radius 2 is 1.78 bits per heavy atom. The van der Waals surface area contributed by atoms with E-state index in [2.05, 4.69) is 29.2 Å². The molecule has 0 amide bonds. The number of nitrogens with zero attached hydrogens (tertiary/aromatic N) is 1. The summed E-state index contributed by atoms with van der Waals surface area (Å²) in [7, 11) is 4.05. The van der Waals surface area contributed by atoms with Gasteiger partial charge in [0.2, 0.25) is 0 Å². The number of halogens is 1. The van der Waals surface area contributed by atoms with Crippen molar-refractivity contribution in [3.05, 3.63) is 59.9 Å². The Labute approximate surface area is 137 Å². The van der Waals surface area contributed by atoms with Gasteiger partial charge in [0.15, 0.2) is 11.6 Å². The summed E-state index contributed by atoms with van der Waals surface area (Å²) in [5.74, 6) is 0.296. The van der Waals surface area contributed by atoms with Gasteiger partial charge < -0.3 is 15.4 Å². The third kappa shape index (κ3) is 4.96. The Morgan fingerprint density at radius 3 is 2.39 bits per heavy atom. The molecule has 0 saturated heterocycles. The second kappa shape index (κ2) is 8.53. The highest BCUT2D eigenvalue weighted by molar-refractivity contribution is 5.46. The van der Waals surface area contributed by atoms with Crippen LogP contribution in [0, 0.1) is 5.82 Å². The molecule has 3 nitrogen and oxygen atoms in total. The standard InChI is InChI=1S/C19H25FN2O/c1-22(2)17-11-9-15(10-12-17)16(14-21)6-5-13-23-19-8-4-3-7-18(19)20/h3-4,7-12,16H,5-6,13-14,21H2,1-2H3. The van der Waals surface area contributed by atoms with Crippen LogP contribution in [0.2, 0.25) is 0 Å². The zero-order chi connectivity index (χ0) is 16.7. The van der Waals surface area contributed by atoms with Gasteiger partial charge in [0.05, 0.1) is 6.61 Å². The predicted octanol–water partition coefficient (Wildman–Crippen LogP) is 3.79. The van der Waals surface area contributed by atoms with Crippen LogP contribution < -0.4 is 15.4 Å². The third-order valence-electron chi connectivity index (χ3n) is 3.96. The molecule has 0 radical (unpaired) electrons. The van der Waals surface area contributed by atoms with Crippen LogP contribution in [0.4, 0.5) is 10.1 Å². The maximum Gasteiger partial charge on any atom is 0.165 e. The Kier molecular flexibility index (Phi) is 6.41. The van der Waals surface area contributed by atoms with Gasteiger partial charge in [0, 0.05) is 19.8 Å². The second-order valence-corrected chi connectivity index (χ2v) is 5.84. The highest BCUT2D eigenvalue weighted by Gasteiger charge is 2.10. The van der Waals surface area contributed by atoms with Crippen LogP contribution in [0.5, 0.6) is 5.75 Å². The number of para-hydroxylation sites is 1. The fourth-order valence-corrected chi connectivity index (χ4v) is 2.54. The molecular formula is C19H25FN2O. The molecule has 2 aromatic rings. The molecule has 0 aliphatic rings. The summed E-state index contributed by atoms with van der Waals surface area (Å²) in [6, 6.07) is 15.0. The lowest BCUT2D eigenvalue weighted by Crippen LogP contribution is -2.14. The van der Waals surface area contributed by atoms with E-state index in [-0.39, 0.29) is 5.82 Å². The molecule has 0 heterocycles. The number of nitrogens with two attached hydrogens (primary N) is 1. The zero-order valence-corrected chi connectivity index (χ0v) is 13.8. The Balaban J connectivity index is 1.84. The summed E-state index contributed by atoms with van der Waals surface area (Å²) in [6.45, 7) is 1.09. The van der Waals surface area contributed by atoms with Gasteiger partial charge in [-0.1, -0.05) is 24.3 Å². The molecule has 0 spiro atoms. The molecule has 0 aromatic heterocycles. The van der Waals surface area contributed by atoms with Crippen molar-refractivity contribution < 1.29 is 9.13 Å². The summed E-state index contributed by atoms with van der Waals surface area (Å²) >= 11 is 0. The quantitative estimate of drug-likeness (QED) is 0.753. The molecule has 0 aliphatic carbocycles. The first-order chi connectivity index (χ1) is 11.1. The van der Waals surface area contributed by atoms with Crippen LogP contribution in [0.25, 0.3) is 0 Å². The van der Waals surface area contributed by atoms with Gasteiger partial charge in [-0.15, -0.1) is 0 Å². The van der Waals surface area contributed by atoms with Crippen molar-refractivity contribution in [1.29, 1.82) is 0 Å². The van der Waals surface area contributed by atoms with E-state index in [0.29, 0.717) is 24.8 Å². The third-order valence-corrected chi connectivity index (χ3v) is 3.96. The highest BCUT2D eigenvalue weighted by Crippen LogP contribution is 2.23. The molecular weight excluding hydrogens is 291 g/mol. The van der Waals surface area contributed by atoms with Gasteiger partial charge in [0.1, 0.15) is 0 Å². The smallest absolute Gasteiger partial charge is 0.165 e. The van der Waals surface area contributed by atoms with E-state index >= 15 is 0 Å². The van der Waals surface area contributed by atoms with E-state index in [4.69, 9.17) is 10.5 Å². The van der Waals surface area contributed by atoms with Crippen LogP contribution in [-0.4, -0.2) is 27.2 Å². The molecule has 2 rings (SSSR count). The maximum atomic E-state index is 13.5. The summed E-state index contributed by atoms with van der Waals surface area (Å²) in [4.78, 5) is 2.07. The molecule has 0 fully saturated rings. The minimum atomic E-state index is -0.317. The van der Waals surface area contributed by atoms with Crippen molar-refractivity contribution in [2.75, 3.05) is 32.1 Å². The van der Waals surface area contributed by atoms with Gasteiger partial charge in [-0.05, 0) is 55.1 Å². The number of benzene rings is 2. The first-order valence-corrected chi connectivity index (χ1v) is 7.96. The fraction of sp³-hybridized carbons (Fsp3) is 0.368. The number of rotatable bonds is 8. The van der Waals surface area contributed by atoms with Crippen molar-refractivity contribution in [3.8, 4) is 5.75 Å². The average Bonchev–Trinajstić information content (AvgIpc) is 2.56. The van der Waals surface area contributed by atoms with Crippen LogP contribution in [0.15, 0.2) is 48.5 Å². The van der Waals surface area contributed by atoms with Crippen molar-refractivity contribution in [2.45, 2.75) is 18.8 Å². The summed E-state index contributed by atoms with van der Waals surface area (Å²) in [5, 5.41) is 0. The fourth-order valence-electron chi connectivity index (χ4n) is 2.54. The van der Waals surface area contributed by atoms with Crippen LogP contribution in [0.3, 0.4) is 0 Å². The van der Waals surface area contributed by atoms with Crippen LogP contribution in [-0.2, 0) is 0 Å². The Morgan fingerprint density at radius 1 is 1.09 bits per heavy atom. The Bertz CT molecular complexity index is 599. The maximum absolute atomic E-state index is 13.5. The molecule has 2 aromatic carbocycles. The molecule has 2 N–H and O–H groups in total. The molecule has 0 bridgehead atoms. The largest absolute Gasteiger partial charge is 0.491 e. The Hall–Kier alpha value is -2.07. The monoisotopic (exact) mass is 316 g/mol. The van der Waals surface area contributed by atoms with Crippen LogP contribution >= 0.6 is 0 Å². The lowest BCUT2D eigenvalue weighted by atomic mass is 9.94. The SMILES string of the molecule is CN(C)c1ccc(C(CN)CCCOc2ccccc2F)cc1. The summed E-state index contributed by atoms with van der Waals surface area (Å²) in [5.41, 5.74) is 8.32. The van der Waals surface area contributed by atoms with E-state index in [1.165, 1.54) is 17.3 Å². The van der Waals surface area contributed by atoms with E-state index in [0.717, 1.165) is 12.8 Å². The van der Waals surface area contributed by atoms with Gasteiger partial charge in [-0.25, -0.2) is 4.39 Å². The van der Waals surface area contributed by atoms with Crippen molar-refractivity contribution in [2.24, 2.45) is 5.73 Å². The normalized spacial score (nSPS) is 12.0. The van der Waals surface area contributed by atoms with E-state index in [9.17, 15) is 4.39 Å². The minimum absolute atomic E-state index is 0.301.